The van der Waals surface area contributed by atoms with Crippen LogP contribution in [0, 0.1) is 6.92 Å². The largest absolute Gasteiger partial charge is 0.508 e. The monoisotopic (exact) mass is 197 g/mol. The van der Waals surface area contributed by atoms with Gasteiger partial charge in [-0.2, -0.15) is 0 Å². The summed E-state index contributed by atoms with van der Waals surface area (Å²) in [5.41, 5.74) is 7.42. The summed E-state index contributed by atoms with van der Waals surface area (Å²) in [6.07, 6.45) is 1.96. The summed E-state index contributed by atoms with van der Waals surface area (Å²) >= 11 is 5.94. The second-order valence-corrected chi connectivity index (χ2v) is 4.17. The number of benzene rings is 1. The molecule has 0 unspecified atom stereocenters. The molecule has 0 amide bonds. The molecule has 1 fully saturated rings. The molecule has 70 valence electrons. The van der Waals surface area contributed by atoms with E-state index in [1.165, 1.54) is 0 Å². The third-order valence-electron chi connectivity index (χ3n) is 2.68. The third kappa shape index (κ3) is 1.40. The van der Waals surface area contributed by atoms with Crippen LogP contribution >= 0.6 is 11.6 Å². The molecule has 2 rings (SSSR count). The van der Waals surface area contributed by atoms with Crippen LogP contribution in [0.25, 0.3) is 0 Å². The van der Waals surface area contributed by atoms with E-state index in [4.69, 9.17) is 17.3 Å². The maximum absolute atomic E-state index is 9.53. The number of nitrogens with two attached hydrogens (primary N) is 1. The number of rotatable bonds is 1. The Kier molecular flexibility index (Phi) is 1.79. The molecule has 0 saturated heterocycles. The van der Waals surface area contributed by atoms with Crippen LogP contribution in [0.2, 0.25) is 5.02 Å². The summed E-state index contributed by atoms with van der Waals surface area (Å²) in [6, 6.07) is 3.57. The maximum atomic E-state index is 9.53. The highest BCUT2D eigenvalue weighted by Gasteiger charge is 2.40. The Balaban J connectivity index is 2.50. The molecule has 3 N–H and O–H groups in total. The highest BCUT2D eigenvalue weighted by molar-refractivity contribution is 6.31. The first-order valence-corrected chi connectivity index (χ1v) is 4.69. The fourth-order valence-corrected chi connectivity index (χ4v) is 1.59. The van der Waals surface area contributed by atoms with Gasteiger partial charge in [-0.1, -0.05) is 11.6 Å². The van der Waals surface area contributed by atoms with Crippen LogP contribution in [0.1, 0.15) is 24.0 Å². The quantitative estimate of drug-likeness (QED) is 0.726. The van der Waals surface area contributed by atoms with E-state index in [2.05, 4.69) is 0 Å². The van der Waals surface area contributed by atoms with Crippen LogP contribution in [0.3, 0.4) is 0 Å². The lowest BCUT2D eigenvalue weighted by Gasteiger charge is -2.11. The van der Waals surface area contributed by atoms with Gasteiger partial charge in [0, 0.05) is 16.1 Å². The zero-order valence-electron chi connectivity index (χ0n) is 7.47. The number of aromatic hydroxyl groups is 1. The van der Waals surface area contributed by atoms with Gasteiger partial charge in [-0.25, -0.2) is 0 Å². The number of halogens is 1. The number of phenolic OH excluding ortho intramolecular Hbond substituents is 1. The van der Waals surface area contributed by atoms with Gasteiger partial charge in [-0.05, 0) is 37.5 Å². The molecule has 3 heteroatoms. The van der Waals surface area contributed by atoms with Gasteiger partial charge in [-0.3, -0.25) is 0 Å². The van der Waals surface area contributed by atoms with Crippen LogP contribution < -0.4 is 5.73 Å². The van der Waals surface area contributed by atoms with Gasteiger partial charge in [-0.15, -0.1) is 0 Å². The molecule has 1 saturated carbocycles. The molecule has 0 bridgehead atoms. The first kappa shape index (κ1) is 8.85. The van der Waals surface area contributed by atoms with E-state index in [0.29, 0.717) is 5.02 Å². The molecule has 0 aliphatic heterocycles. The van der Waals surface area contributed by atoms with Crippen molar-refractivity contribution in [1.82, 2.24) is 0 Å². The Morgan fingerprint density at radius 2 is 2.08 bits per heavy atom. The summed E-state index contributed by atoms with van der Waals surface area (Å²) < 4.78 is 0. The molecule has 1 aliphatic rings. The van der Waals surface area contributed by atoms with Crippen molar-refractivity contribution in [3.8, 4) is 5.75 Å². The molecule has 1 aromatic rings. The van der Waals surface area contributed by atoms with Gasteiger partial charge < -0.3 is 10.8 Å². The summed E-state index contributed by atoms with van der Waals surface area (Å²) in [5.74, 6) is 0.235. The summed E-state index contributed by atoms with van der Waals surface area (Å²) in [4.78, 5) is 0. The summed E-state index contributed by atoms with van der Waals surface area (Å²) in [5, 5.41) is 10.1. The molecule has 0 heterocycles. The highest BCUT2D eigenvalue weighted by Crippen LogP contribution is 2.45. The maximum Gasteiger partial charge on any atom is 0.120 e. The van der Waals surface area contributed by atoms with Crippen LogP contribution in [-0.4, -0.2) is 5.11 Å². The Morgan fingerprint density at radius 3 is 2.54 bits per heavy atom. The minimum atomic E-state index is -0.227. The predicted octanol–water partition coefficient (Wildman–Crippen LogP) is 2.30. The fraction of sp³-hybridized carbons (Fsp3) is 0.400. The van der Waals surface area contributed by atoms with Crippen molar-refractivity contribution >= 4 is 11.6 Å². The van der Waals surface area contributed by atoms with E-state index in [-0.39, 0.29) is 11.3 Å². The zero-order valence-corrected chi connectivity index (χ0v) is 8.23. The first-order chi connectivity index (χ1) is 6.03. The Labute approximate surface area is 82.3 Å². The van der Waals surface area contributed by atoms with Crippen molar-refractivity contribution in [2.45, 2.75) is 25.3 Å². The van der Waals surface area contributed by atoms with Gasteiger partial charge in [0.1, 0.15) is 5.75 Å². The minimum absolute atomic E-state index is 0.227. The van der Waals surface area contributed by atoms with Gasteiger partial charge >= 0.3 is 0 Å². The molecule has 0 atom stereocenters. The second-order valence-electron chi connectivity index (χ2n) is 3.76. The lowest BCUT2D eigenvalue weighted by atomic mass is 10.0. The lowest BCUT2D eigenvalue weighted by molar-refractivity contribution is 0.469. The Hall–Kier alpha value is -0.730. The van der Waals surface area contributed by atoms with Crippen LogP contribution in [0.15, 0.2) is 12.1 Å². The molecular formula is C10H12ClNO. The number of phenols is 1. The van der Waals surface area contributed by atoms with Gasteiger partial charge in [0.25, 0.3) is 0 Å². The normalized spacial score (nSPS) is 18.7. The van der Waals surface area contributed by atoms with Crippen molar-refractivity contribution in [2.75, 3.05) is 0 Å². The third-order valence-corrected chi connectivity index (χ3v) is 3.07. The molecule has 0 aromatic heterocycles. The second kappa shape index (κ2) is 2.63. The summed E-state index contributed by atoms with van der Waals surface area (Å²) in [6.45, 7) is 1.79. The fourth-order valence-electron chi connectivity index (χ4n) is 1.38. The van der Waals surface area contributed by atoms with E-state index in [0.717, 1.165) is 24.0 Å². The van der Waals surface area contributed by atoms with Crippen LogP contribution in [0.5, 0.6) is 5.75 Å². The van der Waals surface area contributed by atoms with Crippen molar-refractivity contribution in [1.29, 1.82) is 0 Å². The van der Waals surface area contributed by atoms with Gasteiger partial charge in [0.15, 0.2) is 0 Å². The van der Waals surface area contributed by atoms with E-state index in [1.54, 1.807) is 13.0 Å². The first-order valence-electron chi connectivity index (χ1n) is 4.31. The number of hydrogen-bond donors (Lipinski definition) is 2. The van der Waals surface area contributed by atoms with Crippen molar-refractivity contribution in [3.63, 3.8) is 0 Å². The molecule has 0 spiro atoms. The minimum Gasteiger partial charge on any atom is -0.508 e. The highest BCUT2D eigenvalue weighted by atomic mass is 35.5. The molecule has 2 nitrogen and oxygen atoms in total. The average Bonchev–Trinajstić information content (AvgIpc) is 2.80. The SMILES string of the molecule is Cc1c(O)cc(C2(N)CC2)cc1Cl. The summed E-state index contributed by atoms with van der Waals surface area (Å²) in [7, 11) is 0. The molecule has 1 aliphatic carbocycles. The van der Waals surface area contributed by atoms with E-state index < -0.39 is 0 Å². The molecule has 0 radical (unpaired) electrons. The number of hydrogen-bond acceptors (Lipinski definition) is 2. The smallest absolute Gasteiger partial charge is 0.120 e. The van der Waals surface area contributed by atoms with Crippen molar-refractivity contribution in [2.24, 2.45) is 5.73 Å². The van der Waals surface area contributed by atoms with Crippen molar-refractivity contribution in [3.05, 3.63) is 28.3 Å². The van der Waals surface area contributed by atoms with Gasteiger partial charge in [0.2, 0.25) is 0 Å². The molecule has 1 aromatic carbocycles. The Bertz CT molecular complexity index is 335. The van der Waals surface area contributed by atoms with Crippen LogP contribution in [-0.2, 0) is 5.54 Å². The Morgan fingerprint density at radius 1 is 1.46 bits per heavy atom. The predicted molar refractivity (Wildman–Crippen MR) is 53.0 cm³/mol. The van der Waals surface area contributed by atoms with E-state index in [1.807, 2.05) is 6.07 Å². The van der Waals surface area contributed by atoms with E-state index >= 15 is 0 Å². The standard InChI is InChI=1S/C10H12ClNO/c1-6-8(11)4-7(5-9(6)13)10(12)2-3-10/h4-5,13H,2-3,12H2,1H3. The zero-order chi connectivity index (χ0) is 9.64. The van der Waals surface area contributed by atoms with Gasteiger partial charge in [0.05, 0.1) is 0 Å². The topological polar surface area (TPSA) is 46.2 Å². The van der Waals surface area contributed by atoms with Crippen LogP contribution in [0.4, 0.5) is 0 Å². The molecule has 13 heavy (non-hydrogen) atoms. The van der Waals surface area contributed by atoms with Crippen molar-refractivity contribution < 1.29 is 5.11 Å². The lowest BCUT2D eigenvalue weighted by Crippen LogP contribution is -2.18. The average molecular weight is 198 g/mol. The van der Waals surface area contributed by atoms with E-state index in [9.17, 15) is 5.11 Å². The molecular weight excluding hydrogens is 186 g/mol.